The van der Waals surface area contributed by atoms with Crippen molar-refractivity contribution < 1.29 is 17.9 Å². The summed E-state index contributed by atoms with van der Waals surface area (Å²) in [5, 5.41) is 11.7. The Morgan fingerprint density at radius 2 is 1.81 bits per heavy atom. The molecular formula is C21H27N5O4S. The summed E-state index contributed by atoms with van der Waals surface area (Å²) in [6, 6.07) is 11.4. The van der Waals surface area contributed by atoms with Crippen LogP contribution in [0.1, 0.15) is 12.8 Å². The van der Waals surface area contributed by atoms with Gasteiger partial charge in [0.05, 0.1) is 25.2 Å². The maximum Gasteiger partial charge on any atom is 0.227 e. The van der Waals surface area contributed by atoms with Crippen molar-refractivity contribution in [2.75, 3.05) is 55.9 Å². The molecule has 9 nitrogen and oxygen atoms in total. The van der Waals surface area contributed by atoms with E-state index in [0.29, 0.717) is 44.8 Å². The summed E-state index contributed by atoms with van der Waals surface area (Å²) in [5.41, 5.74) is 2.28. The zero-order valence-electron chi connectivity index (χ0n) is 17.5. The van der Waals surface area contributed by atoms with Crippen LogP contribution in [0.5, 0.6) is 0 Å². The zero-order chi connectivity index (χ0) is 21.8. The van der Waals surface area contributed by atoms with E-state index in [1.54, 1.807) is 0 Å². The van der Waals surface area contributed by atoms with Crippen molar-refractivity contribution in [2.24, 2.45) is 5.92 Å². The van der Waals surface area contributed by atoms with Gasteiger partial charge in [-0.15, -0.1) is 10.2 Å². The number of nitrogens with zero attached hydrogens (tertiary/aromatic N) is 4. The van der Waals surface area contributed by atoms with Crippen LogP contribution in [0.4, 0.5) is 11.5 Å². The lowest BCUT2D eigenvalue weighted by Gasteiger charge is -2.29. The highest BCUT2D eigenvalue weighted by Gasteiger charge is 2.29. The second-order valence-electron chi connectivity index (χ2n) is 7.88. The Kier molecular flexibility index (Phi) is 6.49. The topological polar surface area (TPSA) is 105 Å². The largest absolute Gasteiger partial charge is 0.378 e. The molecule has 4 rings (SSSR count). The Balaban J connectivity index is 1.39. The fourth-order valence-electron chi connectivity index (χ4n) is 3.89. The van der Waals surface area contributed by atoms with Gasteiger partial charge in [0.2, 0.25) is 15.9 Å². The first-order valence-corrected chi connectivity index (χ1v) is 12.3. The van der Waals surface area contributed by atoms with Gasteiger partial charge in [-0.3, -0.25) is 4.79 Å². The Hall–Kier alpha value is -2.56. The highest BCUT2D eigenvalue weighted by Crippen LogP contribution is 2.24. The normalized spacial score (nSPS) is 18.7. The minimum Gasteiger partial charge on any atom is -0.378 e. The number of hydrogen-bond acceptors (Lipinski definition) is 7. The van der Waals surface area contributed by atoms with Gasteiger partial charge in [0, 0.05) is 43.3 Å². The molecule has 1 amide bonds. The quantitative estimate of drug-likeness (QED) is 0.745. The van der Waals surface area contributed by atoms with Gasteiger partial charge in [0.1, 0.15) is 0 Å². The predicted molar refractivity (Wildman–Crippen MR) is 118 cm³/mol. The minimum absolute atomic E-state index is 0.0842. The number of carbonyl (C=O) groups is 1. The van der Waals surface area contributed by atoms with Gasteiger partial charge in [0.15, 0.2) is 5.82 Å². The van der Waals surface area contributed by atoms with Crippen LogP contribution in [0.15, 0.2) is 36.4 Å². The molecule has 0 saturated carbocycles. The maximum atomic E-state index is 12.7. The summed E-state index contributed by atoms with van der Waals surface area (Å²) in [6.07, 6.45) is 2.25. The molecule has 2 saturated heterocycles. The molecule has 0 radical (unpaired) electrons. The molecule has 2 aromatic rings. The molecule has 1 aromatic heterocycles. The number of piperidine rings is 1. The minimum atomic E-state index is -3.20. The molecular weight excluding hydrogens is 418 g/mol. The first-order valence-electron chi connectivity index (χ1n) is 10.4. The van der Waals surface area contributed by atoms with Crippen molar-refractivity contribution in [3.8, 4) is 11.3 Å². The van der Waals surface area contributed by atoms with Crippen LogP contribution in [0.25, 0.3) is 11.3 Å². The highest BCUT2D eigenvalue weighted by atomic mass is 32.2. The molecule has 3 heterocycles. The zero-order valence-corrected chi connectivity index (χ0v) is 18.3. The number of rotatable bonds is 5. The lowest BCUT2D eigenvalue weighted by molar-refractivity contribution is -0.120. The van der Waals surface area contributed by atoms with E-state index in [1.807, 2.05) is 36.4 Å². The smallest absolute Gasteiger partial charge is 0.227 e. The summed E-state index contributed by atoms with van der Waals surface area (Å²) >= 11 is 0. The Bertz CT molecular complexity index is 1010. The average molecular weight is 446 g/mol. The van der Waals surface area contributed by atoms with Gasteiger partial charge in [0.25, 0.3) is 0 Å². The number of benzene rings is 1. The van der Waals surface area contributed by atoms with Gasteiger partial charge in [-0.25, -0.2) is 12.7 Å². The number of nitrogens with one attached hydrogen (secondary N) is 1. The molecule has 1 N–H and O–H groups in total. The predicted octanol–water partition coefficient (Wildman–Crippen LogP) is 1.59. The number of anilines is 2. The van der Waals surface area contributed by atoms with Crippen molar-refractivity contribution in [1.29, 1.82) is 0 Å². The molecule has 2 aliphatic heterocycles. The second kappa shape index (κ2) is 9.29. The fraction of sp³-hybridized carbons (Fsp3) is 0.476. The average Bonchev–Trinajstić information content (AvgIpc) is 2.79. The number of morpholine rings is 1. The van der Waals surface area contributed by atoms with E-state index in [0.717, 1.165) is 30.2 Å². The van der Waals surface area contributed by atoms with Crippen LogP contribution in [0.2, 0.25) is 0 Å². The van der Waals surface area contributed by atoms with Crippen LogP contribution in [-0.4, -0.2) is 74.5 Å². The Labute approximate surface area is 182 Å². The molecule has 0 aliphatic carbocycles. The monoisotopic (exact) mass is 445 g/mol. The Morgan fingerprint density at radius 3 is 2.45 bits per heavy atom. The Morgan fingerprint density at radius 1 is 1.06 bits per heavy atom. The molecule has 2 fully saturated rings. The van der Waals surface area contributed by atoms with Crippen LogP contribution in [-0.2, 0) is 19.6 Å². The van der Waals surface area contributed by atoms with E-state index in [-0.39, 0.29) is 11.8 Å². The van der Waals surface area contributed by atoms with Crippen molar-refractivity contribution in [3.63, 3.8) is 0 Å². The first kappa shape index (κ1) is 21.7. The molecule has 0 bridgehead atoms. The van der Waals surface area contributed by atoms with E-state index in [9.17, 15) is 13.2 Å². The van der Waals surface area contributed by atoms with Crippen molar-refractivity contribution in [1.82, 2.24) is 14.5 Å². The van der Waals surface area contributed by atoms with Crippen molar-refractivity contribution in [2.45, 2.75) is 12.8 Å². The first-order chi connectivity index (χ1) is 14.9. The van der Waals surface area contributed by atoms with Gasteiger partial charge in [-0.1, -0.05) is 12.1 Å². The molecule has 2 aliphatic rings. The summed E-state index contributed by atoms with van der Waals surface area (Å²) in [5.74, 6) is 0.547. The van der Waals surface area contributed by atoms with E-state index in [2.05, 4.69) is 20.4 Å². The van der Waals surface area contributed by atoms with Gasteiger partial charge in [-0.05, 0) is 37.1 Å². The lowest BCUT2D eigenvalue weighted by Crippen LogP contribution is -2.40. The van der Waals surface area contributed by atoms with E-state index < -0.39 is 10.0 Å². The van der Waals surface area contributed by atoms with Gasteiger partial charge in [-0.2, -0.15) is 0 Å². The van der Waals surface area contributed by atoms with Gasteiger partial charge < -0.3 is 15.0 Å². The number of aromatic nitrogens is 2. The van der Waals surface area contributed by atoms with Crippen LogP contribution >= 0.6 is 0 Å². The summed E-state index contributed by atoms with van der Waals surface area (Å²) in [6.45, 7) is 3.75. The van der Waals surface area contributed by atoms with E-state index in [4.69, 9.17) is 4.74 Å². The highest BCUT2D eigenvalue weighted by molar-refractivity contribution is 7.88. The fourth-order valence-corrected chi connectivity index (χ4v) is 4.76. The standard InChI is InChI=1S/C21H27N5O4S/c1-31(28,29)26-9-7-16(8-10-26)21(27)22-18-4-2-3-17(15-18)19-5-6-20(24-23-19)25-11-13-30-14-12-25/h2-6,15-16H,7-14H2,1H3,(H,22,27). The maximum absolute atomic E-state index is 12.7. The molecule has 31 heavy (non-hydrogen) atoms. The third kappa shape index (κ3) is 5.38. The summed E-state index contributed by atoms with van der Waals surface area (Å²) < 4.78 is 30.1. The van der Waals surface area contributed by atoms with E-state index >= 15 is 0 Å². The van der Waals surface area contributed by atoms with Gasteiger partial charge >= 0.3 is 0 Å². The third-order valence-corrected chi connectivity index (χ3v) is 7.01. The lowest BCUT2D eigenvalue weighted by atomic mass is 9.97. The van der Waals surface area contributed by atoms with Crippen LogP contribution in [0.3, 0.4) is 0 Å². The van der Waals surface area contributed by atoms with E-state index in [1.165, 1.54) is 10.6 Å². The molecule has 10 heteroatoms. The molecule has 166 valence electrons. The number of sulfonamides is 1. The third-order valence-electron chi connectivity index (χ3n) is 5.71. The molecule has 0 spiro atoms. The summed E-state index contributed by atoms with van der Waals surface area (Å²) in [7, 11) is -3.20. The second-order valence-corrected chi connectivity index (χ2v) is 9.86. The molecule has 0 unspecified atom stereocenters. The van der Waals surface area contributed by atoms with Crippen molar-refractivity contribution in [3.05, 3.63) is 36.4 Å². The number of hydrogen-bond donors (Lipinski definition) is 1. The number of ether oxygens (including phenoxy) is 1. The molecule has 0 atom stereocenters. The summed E-state index contributed by atoms with van der Waals surface area (Å²) in [4.78, 5) is 14.8. The molecule has 1 aromatic carbocycles. The van der Waals surface area contributed by atoms with Crippen molar-refractivity contribution >= 4 is 27.4 Å². The van der Waals surface area contributed by atoms with Crippen LogP contribution < -0.4 is 10.2 Å². The number of carbonyl (C=O) groups excluding carboxylic acids is 1. The SMILES string of the molecule is CS(=O)(=O)N1CCC(C(=O)Nc2cccc(-c3ccc(N4CCOCC4)nn3)c2)CC1. The number of amides is 1. The van der Waals surface area contributed by atoms with Crippen LogP contribution in [0, 0.1) is 5.92 Å².